The number of nitrogens with zero attached hydrogens (tertiary/aromatic N) is 2. The smallest absolute Gasteiger partial charge is 0.263 e. The van der Waals surface area contributed by atoms with Crippen molar-refractivity contribution in [3.8, 4) is 0 Å². The van der Waals surface area contributed by atoms with Crippen LogP contribution in [0.4, 0.5) is 5.69 Å². The van der Waals surface area contributed by atoms with Gasteiger partial charge in [0, 0.05) is 40.8 Å². The Bertz CT molecular complexity index is 1070. The number of nitrogens with two attached hydrogens (primary N) is 1. The normalized spacial score (nSPS) is 11.4. The number of aryl methyl sites for hydroxylation is 2. The molecule has 0 unspecified atom stereocenters. The van der Waals surface area contributed by atoms with E-state index >= 15 is 0 Å². The van der Waals surface area contributed by atoms with Crippen LogP contribution in [-0.2, 0) is 7.05 Å². The third-order valence-corrected chi connectivity index (χ3v) is 4.40. The topological polar surface area (TPSA) is 52.9 Å². The third-order valence-electron chi connectivity index (χ3n) is 4.40. The number of aromatic nitrogens is 2. The van der Waals surface area contributed by atoms with E-state index in [0.29, 0.717) is 11.3 Å². The number of nitrogen functional groups attached to an aromatic ring is 1. The van der Waals surface area contributed by atoms with Crippen LogP contribution in [0.3, 0.4) is 0 Å². The van der Waals surface area contributed by atoms with E-state index in [2.05, 4.69) is 0 Å². The molecule has 4 rings (SSSR count). The predicted octanol–water partition coefficient (Wildman–Crippen LogP) is 3.71. The maximum absolute atomic E-state index is 13.2. The molecule has 0 spiro atoms. The van der Waals surface area contributed by atoms with Crippen LogP contribution < -0.4 is 5.73 Å². The summed E-state index contributed by atoms with van der Waals surface area (Å²) in [7, 11) is 1.98. The maximum Gasteiger partial charge on any atom is 0.263 e. The molecule has 2 aromatic heterocycles. The second kappa shape index (κ2) is 4.74. The highest BCUT2D eigenvalue weighted by molar-refractivity contribution is 6.12. The zero-order valence-corrected chi connectivity index (χ0v) is 13.1. The van der Waals surface area contributed by atoms with Gasteiger partial charge in [-0.1, -0.05) is 18.2 Å². The largest absolute Gasteiger partial charge is 0.397 e. The zero-order chi connectivity index (χ0) is 16.1. The Hall–Kier alpha value is -3.01. The van der Waals surface area contributed by atoms with Gasteiger partial charge in [0.15, 0.2) is 0 Å². The molecule has 0 saturated heterocycles. The number of benzene rings is 2. The number of para-hydroxylation sites is 1. The van der Waals surface area contributed by atoms with E-state index in [1.807, 2.05) is 73.3 Å². The number of fused-ring (bicyclic) bond motifs is 2. The second-order valence-electron chi connectivity index (χ2n) is 5.88. The summed E-state index contributed by atoms with van der Waals surface area (Å²) in [6.45, 7) is 1.93. The number of hydrogen-bond acceptors (Lipinski definition) is 2. The van der Waals surface area contributed by atoms with Gasteiger partial charge in [0.2, 0.25) is 0 Å². The minimum absolute atomic E-state index is 0.0489. The number of carbonyl (C=O) groups excluding carboxylic acids is 1. The summed E-state index contributed by atoms with van der Waals surface area (Å²) < 4.78 is 3.73. The monoisotopic (exact) mass is 303 g/mol. The van der Waals surface area contributed by atoms with E-state index in [1.54, 1.807) is 4.57 Å². The van der Waals surface area contributed by atoms with E-state index in [9.17, 15) is 4.79 Å². The molecule has 0 saturated carbocycles. The van der Waals surface area contributed by atoms with Crippen molar-refractivity contribution in [2.75, 3.05) is 5.73 Å². The molecule has 114 valence electrons. The van der Waals surface area contributed by atoms with Gasteiger partial charge in [-0.25, -0.2) is 0 Å². The Kier molecular flexibility index (Phi) is 2.81. The lowest BCUT2D eigenvalue weighted by atomic mass is 10.1. The molecule has 0 atom stereocenters. The first-order valence-corrected chi connectivity index (χ1v) is 7.53. The summed E-state index contributed by atoms with van der Waals surface area (Å²) in [5.41, 5.74) is 10.1. The summed E-state index contributed by atoms with van der Waals surface area (Å²) in [5, 5.41) is 1.94. The van der Waals surface area contributed by atoms with Crippen LogP contribution in [0.15, 0.2) is 54.7 Å². The van der Waals surface area contributed by atoms with Gasteiger partial charge in [-0.3, -0.25) is 9.36 Å². The van der Waals surface area contributed by atoms with Crippen LogP contribution >= 0.6 is 0 Å². The van der Waals surface area contributed by atoms with Crippen LogP contribution in [0, 0.1) is 6.92 Å². The molecule has 4 nitrogen and oxygen atoms in total. The molecule has 4 aromatic rings. The van der Waals surface area contributed by atoms with Crippen LogP contribution in [-0.4, -0.2) is 15.0 Å². The number of carbonyl (C=O) groups is 1. The molecular weight excluding hydrogens is 286 g/mol. The molecule has 2 N–H and O–H groups in total. The van der Waals surface area contributed by atoms with Gasteiger partial charge in [-0.05, 0) is 37.3 Å². The van der Waals surface area contributed by atoms with Crippen molar-refractivity contribution in [1.29, 1.82) is 0 Å². The van der Waals surface area contributed by atoms with E-state index < -0.39 is 0 Å². The van der Waals surface area contributed by atoms with Crippen molar-refractivity contribution in [3.05, 3.63) is 66.0 Å². The van der Waals surface area contributed by atoms with Crippen molar-refractivity contribution in [3.63, 3.8) is 0 Å². The molecule has 0 aliphatic carbocycles. The molecule has 0 aliphatic rings. The van der Waals surface area contributed by atoms with Crippen LogP contribution in [0.25, 0.3) is 21.8 Å². The third kappa shape index (κ3) is 1.88. The minimum atomic E-state index is -0.0489. The first-order valence-electron chi connectivity index (χ1n) is 7.53. The number of hydrogen-bond donors (Lipinski definition) is 1. The van der Waals surface area contributed by atoms with E-state index in [1.165, 1.54) is 0 Å². The van der Waals surface area contributed by atoms with Crippen molar-refractivity contribution in [1.82, 2.24) is 9.13 Å². The maximum atomic E-state index is 13.2. The van der Waals surface area contributed by atoms with Gasteiger partial charge in [0.25, 0.3) is 5.91 Å². The highest BCUT2D eigenvalue weighted by Gasteiger charge is 2.18. The Balaban J connectivity index is 2.01. The first kappa shape index (κ1) is 13.6. The highest BCUT2D eigenvalue weighted by Crippen LogP contribution is 2.28. The fourth-order valence-electron chi connectivity index (χ4n) is 3.29. The van der Waals surface area contributed by atoms with Crippen molar-refractivity contribution >= 4 is 33.4 Å². The van der Waals surface area contributed by atoms with Crippen LogP contribution in [0.5, 0.6) is 0 Å². The fourth-order valence-corrected chi connectivity index (χ4v) is 3.29. The zero-order valence-electron chi connectivity index (χ0n) is 13.1. The van der Waals surface area contributed by atoms with E-state index in [4.69, 9.17) is 5.73 Å². The molecule has 0 fully saturated rings. The molecule has 0 amide bonds. The molecule has 23 heavy (non-hydrogen) atoms. The Labute approximate surface area is 133 Å². The Morgan fingerprint density at radius 2 is 1.87 bits per heavy atom. The molecule has 0 radical (unpaired) electrons. The molecule has 2 aromatic carbocycles. The summed E-state index contributed by atoms with van der Waals surface area (Å²) in [6, 6.07) is 15.5. The molecule has 0 aliphatic heterocycles. The van der Waals surface area contributed by atoms with Crippen LogP contribution in [0.2, 0.25) is 0 Å². The summed E-state index contributed by atoms with van der Waals surface area (Å²) in [4.78, 5) is 13.2. The lowest BCUT2D eigenvalue weighted by Gasteiger charge is -2.10. The minimum Gasteiger partial charge on any atom is -0.397 e. The summed E-state index contributed by atoms with van der Waals surface area (Å²) in [5.74, 6) is -0.0489. The standard InChI is InChI=1S/C19H17N3O/c1-12-11-13-5-3-7-16(20)18(13)22(12)19(23)15-6-4-8-17-14(15)9-10-21(17)2/h3-11H,20H2,1-2H3. The molecule has 2 heterocycles. The van der Waals surface area contributed by atoms with Gasteiger partial charge < -0.3 is 10.3 Å². The number of rotatable bonds is 1. The predicted molar refractivity (Wildman–Crippen MR) is 93.7 cm³/mol. The highest BCUT2D eigenvalue weighted by atomic mass is 16.2. The summed E-state index contributed by atoms with van der Waals surface area (Å²) >= 11 is 0. The molecule has 0 bridgehead atoms. The lowest BCUT2D eigenvalue weighted by molar-refractivity contribution is 0.0965. The van der Waals surface area contributed by atoms with E-state index in [-0.39, 0.29) is 5.91 Å². The lowest BCUT2D eigenvalue weighted by Crippen LogP contribution is -2.14. The van der Waals surface area contributed by atoms with Gasteiger partial charge in [-0.15, -0.1) is 0 Å². The van der Waals surface area contributed by atoms with Gasteiger partial charge in [-0.2, -0.15) is 0 Å². The Morgan fingerprint density at radius 1 is 1.09 bits per heavy atom. The van der Waals surface area contributed by atoms with Crippen LogP contribution in [0.1, 0.15) is 16.1 Å². The van der Waals surface area contributed by atoms with E-state index in [0.717, 1.165) is 27.5 Å². The van der Waals surface area contributed by atoms with Gasteiger partial charge in [0.05, 0.1) is 11.2 Å². The second-order valence-corrected chi connectivity index (χ2v) is 5.88. The fraction of sp³-hybridized carbons (Fsp3) is 0.105. The Morgan fingerprint density at radius 3 is 2.70 bits per heavy atom. The average molecular weight is 303 g/mol. The quantitative estimate of drug-likeness (QED) is 0.545. The summed E-state index contributed by atoms with van der Waals surface area (Å²) in [6.07, 6.45) is 1.97. The van der Waals surface area contributed by atoms with Crippen molar-refractivity contribution < 1.29 is 4.79 Å². The average Bonchev–Trinajstić information content (AvgIpc) is 3.08. The molecular formula is C19H17N3O. The van der Waals surface area contributed by atoms with Crippen molar-refractivity contribution in [2.24, 2.45) is 7.05 Å². The SMILES string of the molecule is Cc1cc2cccc(N)c2n1C(=O)c1cccc2c1ccn2C. The van der Waals surface area contributed by atoms with Crippen molar-refractivity contribution in [2.45, 2.75) is 6.92 Å². The van der Waals surface area contributed by atoms with Gasteiger partial charge >= 0.3 is 0 Å². The first-order chi connectivity index (χ1) is 11.1. The number of anilines is 1. The molecule has 4 heteroatoms. The van der Waals surface area contributed by atoms with Gasteiger partial charge in [0.1, 0.15) is 0 Å².